The summed E-state index contributed by atoms with van der Waals surface area (Å²) < 4.78 is 5.27. The molecule has 2 aromatic rings. The second-order valence-electron chi connectivity index (χ2n) is 5.92. The van der Waals surface area contributed by atoms with Crippen LogP contribution in [0.25, 0.3) is 0 Å². The molecule has 0 bridgehead atoms. The van der Waals surface area contributed by atoms with Crippen molar-refractivity contribution in [2.24, 2.45) is 0 Å². The van der Waals surface area contributed by atoms with Crippen LogP contribution in [0.1, 0.15) is 28.3 Å². The molecule has 0 radical (unpaired) electrons. The molecule has 0 unspecified atom stereocenters. The molecule has 7 nitrogen and oxygen atoms in total. The third-order valence-corrected chi connectivity index (χ3v) is 4.28. The van der Waals surface area contributed by atoms with E-state index in [0.29, 0.717) is 11.4 Å². The van der Waals surface area contributed by atoms with Crippen molar-refractivity contribution in [2.75, 3.05) is 31.1 Å². The van der Waals surface area contributed by atoms with Crippen molar-refractivity contribution < 1.29 is 4.52 Å². The first-order valence-corrected chi connectivity index (χ1v) is 7.72. The minimum atomic E-state index is 0.636. The van der Waals surface area contributed by atoms with Crippen molar-refractivity contribution in [1.82, 2.24) is 20.3 Å². The van der Waals surface area contributed by atoms with E-state index in [9.17, 15) is 5.26 Å². The smallest absolute Gasteiger partial charge is 0.169 e. The van der Waals surface area contributed by atoms with Gasteiger partial charge in [0.05, 0.1) is 17.9 Å². The molecule has 1 saturated heterocycles. The molecule has 3 rings (SSSR count). The van der Waals surface area contributed by atoms with E-state index < -0.39 is 0 Å². The number of nitriles is 1. The van der Waals surface area contributed by atoms with Crippen LogP contribution in [0.5, 0.6) is 0 Å². The number of aryl methyl sites for hydroxylation is 2. The number of nitrogens with zero attached hydrogens (tertiary/aromatic N) is 6. The van der Waals surface area contributed by atoms with Crippen molar-refractivity contribution in [3.8, 4) is 6.07 Å². The van der Waals surface area contributed by atoms with Gasteiger partial charge < -0.3 is 9.42 Å². The SMILES string of the molecule is Cc1cc(CN2CCN(c3nnc(C)c(C)c3C#N)CC2)on1. The topological polar surface area (TPSA) is 82.1 Å². The van der Waals surface area contributed by atoms with Crippen LogP contribution in [0.2, 0.25) is 0 Å². The van der Waals surface area contributed by atoms with Gasteiger partial charge in [-0.25, -0.2) is 0 Å². The first-order valence-electron chi connectivity index (χ1n) is 7.72. The number of hydrogen-bond acceptors (Lipinski definition) is 7. The molecule has 120 valence electrons. The van der Waals surface area contributed by atoms with Crippen LogP contribution < -0.4 is 4.90 Å². The third kappa shape index (κ3) is 3.17. The lowest BCUT2D eigenvalue weighted by molar-refractivity contribution is 0.219. The van der Waals surface area contributed by atoms with Crippen LogP contribution >= 0.6 is 0 Å². The maximum absolute atomic E-state index is 9.43. The standard InChI is InChI=1S/C16H20N6O/c1-11-8-14(23-20-11)10-21-4-6-22(7-5-21)16-15(9-17)12(2)13(3)18-19-16/h8H,4-7,10H2,1-3H3. The minimum Gasteiger partial charge on any atom is -0.360 e. The maximum Gasteiger partial charge on any atom is 0.169 e. The molecule has 3 heterocycles. The summed E-state index contributed by atoms with van der Waals surface area (Å²) in [5, 5.41) is 21.8. The van der Waals surface area contributed by atoms with Crippen LogP contribution in [0.4, 0.5) is 5.82 Å². The van der Waals surface area contributed by atoms with E-state index in [-0.39, 0.29) is 0 Å². The Hall–Kier alpha value is -2.46. The highest BCUT2D eigenvalue weighted by Crippen LogP contribution is 2.22. The number of piperazine rings is 1. The summed E-state index contributed by atoms with van der Waals surface area (Å²) in [6.45, 7) is 9.90. The Morgan fingerprint density at radius 3 is 2.52 bits per heavy atom. The Kier molecular flexibility index (Phi) is 4.26. The minimum absolute atomic E-state index is 0.636. The molecule has 0 aliphatic carbocycles. The van der Waals surface area contributed by atoms with Crippen LogP contribution in [0.15, 0.2) is 10.6 Å². The summed E-state index contributed by atoms with van der Waals surface area (Å²) in [5.41, 5.74) is 3.27. The molecule has 1 aliphatic heterocycles. The summed E-state index contributed by atoms with van der Waals surface area (Å²) in [7, 11) is 0. The number of hydrogen-bond donors (Lipinski definition) is 0. The average Bonchev–Trinajstić information content (AvgIpc) is 2.96. The fraction of sp³-hybridized carbons (Fsp3) is 0.500. The van der Waals surface area contributed by atoms with Gasteiger partial charge in [0.15, 0.2) is 11.6 Å². The second kappa shape index (κ2) is 6.34. The van der Waals surface area contributed by atoms with Gasteiger partial charge in [0.1, 0.15) is 11.6 Å². The first-order chi connectivity index (χ1) is 11.1. The maximum atomic E-state index is 9.43. The van der Waals surface area contributed by atoms with Crippen molar-refractivity contribution in [3.63, 3.8) is 0 Å². The monoisotopic (exact) mass is 312 g/mol. The summed E-state index contributed by atoms with van der Waals surface area (Å²) in [6.07, 6.45) is 0. The molecule has 0 aromatic carbocycles. The average molecular weight is 312 g/mol. The molecule has 1 aliphatic rings. The van der Waals surface area contributed by atoms with Crippen molar-refractivity contribution in [3.05, 3.63) is 34.3 Å². The van der Waals surface area contributed by atoms with Gasteiger partial charge in [0.2, 0.25) is 0 Å². The normalized spacial score (nSPS) is 15.7. The fourth-order valence-corrected chi connectivity index (χ4v) is 2.78. The third-order valence-electron chi connectivity index (χ3n) is 4.28. The number of aromatic nitrogens is 3. The van der Waals surface area contributed by atoms with E-state index in [4.69, 9.17) is 4.52 Å². The van der Waals surface area contributed by atoms with Gasteiger partial charge in [-0.05, 0) is 26.3 Å². The lowest BCUT2D eigenvalue weighted by Gasteiger charge is -2.35. The summed E-state index contributed by atoms with van der Waals surface area (Å²) in [5.74, 6) is 1.59. The molecule has 0 atom stereocenters. The molecular weight excluding hydrogens is 292 g/mol. The summed E-state index contributed by atoms with van der Waals surface area (Å²) >= 11 is 0. The van der Waals surface area contributed by atoms with Crippen LogP contribution in [0, 0.1) is 32.1 Å². The first kappa shape index (κ1) is 15.4. The van der Waals surface area contributed by atoms with Gasteiger partial charge in [-0.1, -0.05) is 5.16 Å². The highest BCUT2D eigenvalue weighted by molar-refractivity contribution is 5.57. The molecule has 23 heavy (non-hydrogen) atoms. The Labute approximate surface area is 135 Å². The zero-order valence-electron chi connectivity index (χ0n) is 13.7. The van der Waals surface area contributed by atoms with Gasteiger partial charge in [-0.2, -0.15) is 10.4 Å². The second-order valence-corrected chi connectivity index (χ2v) is 5.92. The Morgan fingerprint density at radius 1 is 1.17 bits per heavy atom. The number of rotatable bonds is 3. The van der Waals surface area contributed by atoms with E-state index in [1.54, 1.807) is 0 Å². The van der Waals surface area contributed by atoms with Crippen molar-refractivity contribution in [2.45, 2.75) is 27.3 Å². The van der Waals surface area contributed by atoms with Gasteiger partial charge >= 0.3 is 0 Å². The molecule has 0 amide bonds. The van der Waals surface area contributed by atoms with E-state index in [0.717, 1.165) is 55.4 Å². The highest BCUT2D eigenvalue weighted by atomic mass is 16.5. The van der Waals surface area contributed by atoms with E-state index in [1.165, 1.54) is 0 Å². The predicted molar refractivity (Wildman–Crippen MR) is 85.0 cm³/mol. The van der Waals surface area contributed by atoms with E-state index in [1.807, 2.05) is 26.8 Å². The molecule has 2 aromatic heterocycles. The molecule has 0 saturated carbocycles. The Bertz CT molecular complexity index is 740. The number of anilines is 1. The predicted octanol–water partition coefficient (Wildman–Crippen LogP) is 1.58. The molecule has 0 spiro atoms. The van der Waals surface area contributed by atoms with Gasteiger partial charge in [0.25, 0.3) is 0 Å². The molecular formula is C16H20N6O. The lowest BCUT2D eigenvalue weighted by atomic mass is 10.1. The Morgan fingerprint density at radius 2 is 1.91 bits per heavy atom. The molecule has 7 heteroatoms. The van der Waals surface area contributed by atoms with Crippen LogP contribution in [0.3, 0.4) is 0 Å². The van der Waals surface area contributed by atoms with Crippen LogP contribution in [-0.2, 0) is 6.54 Å². The van der Waals surface area contributed by atoms with Crippen molar-refractivity contribution in [1.29, 1.82) is 5.26 Å². The van der Waals surface area contributed by atoms with Crippen molar-refractivity contribution >= 4 is 5.82 Å². The molecule has 0 N–H and O–H groups in total. The van der Waals surface area contributed by atoms with Crippen LogP contribution in [-0.4, -0.2) is 46.4 Å². The van der Waals surface area contributed by atoms with Gasteiger partial charge in [-0.3, -0.25) is 4.90 Å². The van der Waals surface area contributed by atoms with E-state index in [2.05, 4.69) is 31.2 Å². The Balaban J connectivity index is 1.67. The zero-order valence-corrected chi connectivity index (χ0v) is 13.7. The summed E-state index contributed by atoms with van der Waals surface area (Å²) in [4.78, 5) is 4.46. The fourth-order valence-electron chi connectivity index (χ4n) is 2.78. The quantitative estimate of drug-likeness (QED) is 0.851. The largest absolute Gasteiger partial charge is 0.360 e. The highest BCUT2D eigenvalue weighted by Gasteiger charge is 2.23. The zero-order chi connectivity index (χ0) is 16.4. The van der Waals surface area contributed by atoms with Gasteiger partial charge in [0, 0.05) is 32.2 Å². The van der Waals surface area contributed by atoms with E-state index >= 15 is 0 Å². The lowest BCUT2D eigenvalue weighted by Crippen LogP contribution is -2.46. The van der Waals surface area contributed by atoms with Gasteiger partial charge in [-0.15, -0.1) is 5.10 Å². The summed E-state index contributed by atoms with van der Waals surface area (Å²) in [6, 6.07) is 4.24. The molecule has 1 fully saturated rings.